The molecule has 0 radical (unpaired) electrons. The van der Waals surface area contributed by atoms with Gasteiger partial charge in [0.05, 0.1) is 18.8 Å². The molecule has 0 aromatic rings. The monoisotopic (exact) mass is 342 g/mol. The maximum Gasteiger partial charge on any atom is 0.322 e. The van der Waals surface area contributed by atoms with E-state index in [1.54, 1.807) is 0 Å². The summed E-state index contributed by atoms with van der Waals surface area (Å²) in [6, 6.07) is 0. The van der Waals surface area contributed by atoms with Gasteiger partial charge in [-0.2, -0.15) is 0 Å². The lowest BCUT2D eigenvalue weighted by atomic mass is 9.77. The molecular formula is C10H16Br2O3. The molecule has 0 amide bonds. The van der Waals surface area contributed by atoms with Crippen LogP contribution in [0.5, 0.6) is 0 Å². The summed E-state index contributed by atoms with van der Waals surface area (Å²) in [6.45, 7) is 2.85. The average Bonchev–Trinajstić information content (AvgIpc) is 2.16. The van der Waals surface area contributed by atoms with Gasteiger partial charge in [-0.05, 0) is 26.2 Å². The third-order valence-corrected chi connectivity index (χ3v) is 4.15. The summed E-state index contributed by atoms with van der Waals surface area (Å²) >= 11 is 6.71. The van der Waals surface area contributed by atoms with Crippen molar-refractivity contribution in [3.8, 4) is 0 Å². The molecule has 0 spiro atoms. The molecule has 0 heterocycles. The molecule has 3 nitrogen and oxygen atoms in total. The fraction of sp³-hybridized carbons (Fsp3) is 0.900. The van der Waals surface area contributed by atoms with Crippen LogP contribution in [0.4, 0.5) is 0 Å². The molecule has 88 valence electrons. The van der Waals surface area contributed by atoms with Gasteiger partial charge in [0.1, 0.15) is 4.83 Å². The van der Waals surface area contributed by atoms with Crippen LogP contribution >= 0.6 is 31.9 Å². The molecule has 1 unspecified atom stereocenters. The van der Waals surface area contributed by atoms with E-state index in [4.69, 9.17) is 9.47 Å². The van der Waals surface area contributed by atoms with Crippen molar-refractivity contribution in [1.29, 1.82) is 0 Å². The predicted octanol–water partition coefficient (Wildman–Crippen LogP) is 2.65. The average molecular weight is 344 g/mol. The fourth-order valence-corrected chi connectivity index (χ4v) is 2.55. The third kappa shape index (κ3) is 3.17. The van der Waals surface area contributed by atoms with Crippen molar-refractivity contribution in [2.24, 2.45) is 0 Å². The molecule has 0 aromatic heterocycles. The zero-order valence-corrected chi connectivity index (χ0v) is 12.0. The standard InChI is InChI=1S/C10H16Br2O3/c1-2-14-9(13)8(12)10(4-3-5-10)15-7-6-11/h8H,2-7H2,1H3. The van der Waals surface area contributed by atoms with Crippen molar-refractivity contribution < 1.29 is 14.3 Å². The van der Waals surface area contributed by atoms with Crippen LogP contribution in [0, 0.1) is 0 Å². The maximum atomic E-state index is 11.6. The first-order valence-electron chi connectivity index (χ1n) is 5.17. The Hall–Kier alpha value is 0.390. The minimum absolute atomic E-state index is 0.216. The van der Waals surface area contributed by atoms with Crippen LogP contribution in [0.3, 0.4) is 0 Å². The van der Waals surface area contributed by atoms with Crippen LogP contribution < -0.4 is 0 Å². The molecule has 1 aliphatic rings. The van der Waals surface area contributed by atoms with Crippen LogP contribution in [0.15, 0.2) is 0 Å². The van der Waals surface area contributed by atoms with Gasteiger partial charge in [-0.3, -0.25) is 4.79 Å². The Bertz CT molecular complexity index is 217. The van der Waals surface area contributed by atoms with E-state index < -0.39 is 0 Å². The molecule has 0 saturated heterocycles. The van der Waals surface area contributed by atoms with Crippen molar-refractivity contribution in [1.82, 2.24) is 0 Å². The second-order valence-electron chi connectivity index (χ2n) is 3.57. The number of carbonyl (C=O) groups is 1. The van der Waals surface area contributed by atoms with Crippen molar-refractivity contribution >= 4 is 37.8 Å². The maximum absolute atomic E-state index is 11.6. The van der Waals surface area contributed by atoms with Crippen molar-refractivity contribution in [2.45, 2.75) is 36.6 Å². The number of halogens is 2. The topological polar surface area (TPSA) is 35.5 Å². The minimum Gasteiger partial charge on any atom is -0.465 e. The fourth-order valence-electron chi connectivity index (χ4n) is 1.67. The Morgan fingerprint density at radius 2 is 2.20 bits per heavy atom. The SMILES string of the molecule is CCOC(=O)C(Br)C1(OCCBr)CCC1. The molecule has 1 aliphatic carbocycles. The second-order valence-corrected chi connectivity index (χ2v) is 5.28. The summed E-state index contributed by atoms with van der Waals surface area (Å²) in [5.41, 5.74) is -0.333. The number of hydrogen-bond acceptors (Lipinski definition) is 3. The first-order chi connectivity index (χ1) is 7.16. The zero-order valence-electron chi connectivity index (χ0n) is 8.80. The number of hydrogen-bond donors (Lipinski definition) is 0. The summed E-state index contributed by atoms with van der Waals surface area (Å²) in [7, 11) is 0. The van der Waals surface area contributed by atoms with Crippen molar-refractivity contribution in [3.63, 3.8) is 0 Å². The van der Waals surface area contributed by atoms with E-state index in [1.165, 1.54) is 0 Å². The smallest absolute Gasteiger partial charge is 0.322 e. The van der Waals surface area contributed by atoms with Crippen LogP contribution in [0.2, 0.25) is 0 Å². The normalized spacial score (nSPS) is 20.5. The van der Waals surface area contributed by atoms with Gasteiger partial charge >= 0.3 is 5.97 Å². The Kier molecular flexibility index (Phi) is 5.57. The van der Waals surface area contributed by atoms with Gasteiger partial charge in [0, 0.05) is 5.33 Å². The van der Waals surface area contributed by atoms with Gasteiger partial charge in [-0.25, -0.2) is 0 Å². The molecular weight excluding hydrogens is 328 g/mol. The molecule has 0 N–H and O–H groups in total. The summed E-state index contributed by atoms with van der Waals surface area (Å²) in [6.07, 6.45) is 2.97. The van der Waals surface area contributed by atoms with Crippen molar-refractivity contribution in [3.05, 3.63) is 0 Å². The summed E-state index contributed by atoms with van der Waals surface area (Å²) in [5, 5.41) is 0.789. The van der Waals surface area contributed by atoms with Gasteiger partial charge < -0.3 is 9.47 Å². The lowest BCUT2D eigenvalue weighted by Crippen LogP contribution is -2.52. The zero-order chi connectivity index (χ0) is 11.3. The molecule has 0 aromatic carbocycles. The minimum atomic E-state index is -0.335. The lowest BCUT2D eigenvalue weighted by Gasteiger charge is -2.43. The molecule has 15 heavy (non-hydrogen) atoms. The molecule has 0 bridgehead atoms. The summed E-state index contributed by atoms with van der Waals surface area (Å²) in [4.78, 5) is 11.2. The second kappa shape index (κ2) is 6.21. The summed E-state index contributed by atoms with van der Waals surface area (Å²) < 4.78 is 10.7. The number of ether oxygens (including phenoxy) is 2. The Balaban J connectivity index is 2.52. The number of carbonyl (C=O) groups excluding carboxylic acids is 1. The predicted molar refractivity (Wildman–Crippen MR) is 65.7 cm³/mol. The molecule has 1 fully saturated rings. The van der Waals surface area contributed by atoms with Gasteiger partial charge in [-0.1, -0.05) is 31.9 Å². The Morgan fingerprint density at radius 3 is 2.60 bits per heavy atom. The highest BCUT2D eigenvalue weighted by atomic mass is 79.9. The van der Waals surface area contributed by atoms with Crippen LogP contribution in [-0.4, -0.2) is 34.9 Å². The quantitative estimate of drug-likeness (QED) is 0.549. The third-order valence-electron chi connectivity index (χ3n) is 2.62. The van der Waals surface area contributed by atoms with Gasteiger partial charge in [0.2, 0.25) is 0 Å². The van der Waals surface area contributed by atoms with E-state index >= 15 is 0 Å². The van der Waals surface area contributed by atoms with E-state index in [0.717, 1.165) is 24.6 Å². The highest BCUT2D eigenvalue weighted by Gasteiger charge is 2.48. The Labute approximate surface area is 107 Å². The highest BCUT2D eigenvalue weighted by molar-refractivity contribution is 9.10. The molecule has 1 saturated carbocycles. The van der Waals surface area contributed by atoms with Gasteiger partial charge in [-0.15, -0.1) is 0 Å². The summed E-state index contributed by atoms with van der Waals surface area (Å²) in [5.74, 6) is -0.216. The molecule has 0 aliphatic heterocycles. The Morgan fingerprint density at radius 1 is 1.53 bits per heavy atom. The molecule has 5 heteroatoms. The van der Waals surface area contributed by atoms with Crippen LogP contribution in [0.25, 0.3) is 0 Å². The van der Waals surface area contributed by atoms with E-state index in [0.29, 0.717) is 13.2 Å². The van der Waals surface area contributed by atoms with Gasteiger partial charge in [0.15, 0.2) is 0 Å². The molecule has 1 atom stereocenters. The largest absolute Gasteiger partial charge is 0.465 e. The van der Waals surface area contributed by atoms with E-state index in [2.05, 4.69) is 31.9 Å². The first-order valence-corrected chi connectivity index (χ1v) is 7.20. The highest BCUT2D eigenvalue weighted by Crippen LogP contribution is 2.42. The van der Waals surface area contributed by atoms with Crippen LogP contribution in [0.1, 0.15) is 26.2 Å². The van der Waals surface area contributed by atoms with E-state index in [-0.39, 0.29) is 16.4 Å². The number of esters is 1. The van der Waals surface area contributed by atoms with Crippen LogP contribution in [-0.2, 0) is 14.3 Å². The first kappa shape index (κ1) is 13.5. The lowest BCUT2D eigenvalue weighted by molar-refractivity contribution is -0.156. The molecule has 1 rings (SSSR count). The van der Waals surface area contributed by atoms with Crippen molar-refractivity contribution in [2.75, 3.05) is 18.5 Å². The van der Waals surface area contributed by atoms with Gasteiger partial charge in [0.25, 0.3) is 0 Å². The van der Waals surface area contributed by atoms with E-state index in [1.807, 2.05) is 6.92 Å². The number of rotatable bonds is 6. The van der Waals surface area contributed by atoms with E-state index in [9.17, 15) is 4.79 Å². The number of alkyl halides is 2.